The molecule has 0 saturated heterocycles. The van der Waals surface area contributed by atoms with Crippen molar-refractivity contribution in [3.05, 3.63) is 42.6 Å². The highest BCUT2D eigenvalue weighted by Crippen LogP contribution is 2.00. The third-order valence-corrected chi connectivity index (χ3v) is 2.11. The van der Waals surface area contributed by atoms with Gasteiger partial charge in [-0.2, -0.15) is 5.10 Å². The molecule has 7 nitrogen and oxygen atoms in total. The van der Waals surface area contributed by atoms with E-state index in [2.05, 4.69) is 25.8 Å². The van der Waals surface area contributed by atoms with Crippen LogP contribution in [0.1, 0.15) is 5.76 Å². The highest BCUT2D eigenvalue weighted by atomic mass is 16.3. The molecule has 17 heavy (non-hydrogen) atoms. The fourth-order valence-corrected chi connectivity index (χ4v) is 1.35. The van der Waals surface area contributed by atoms with Gasteiger partial charge < -0.3 is 4.42 Å². The van der Waals surface area contributed by atoms with Crippen LogP contribution < -0.4 is 9.94 Å². The van der Waals surface area contributed by atoms with E-state index in [-0.39, 0.29) is 0 Å². The van der Waals surface area contributed by atoms with Gasteiger partial charge in [0.15, 0.2) is 5.82 Å². The Kier molecular flexibility index (Phi) is 2.27. The first-order valence-electron chi connectivity index (χ1n) is 4.97. The molecular formula is C10H9N6O+. The van der Waals surface area contributed by atoms with Crippen LogP contribution in [0.4, 0.5) is 5.82 Å². The number of anilines is 1. The lowest BCUT2D eigenvalue weighted by Gasteiger charge is -1.95. The summed E-state index contributed by atoms with van der Waals surface area (Å²) in [7, 11) is 0. The molecule has 0 aromatic carbocycles. The van der Waals surface area contributed by atoms with Crippen LogP contribution in [-0.4, -0.2) is 21.5 Å². The maximum atomic E-state index is 5.10. The van der Waals surface area contributed by atoms with E-state index in [0.717, 1.165) is 5.65 Å². The molecule has 0 aliphatic rings. The fourth-order valence-electron chi connectivity index (χ4n) is 1.35. The SMILES string of the molecule is C(=N\Nc1ccc2n[nH]c[n+]2n1)/c1ccco1. The first kappa shape index (κ1) is 9.52. The van der Waals surface area contributed by atoms with Gasteiger partial charge in [-0.3, -0.25) is 5.43 Å². The summed E-state index contributed by atoms with van der Waals surface area (Å²) in [5.74, 6) is 1.29. The predicted octanol–water partition coefficient (Wildman–Crippen LogP) is 0.582. The molecule has 3 aromatic heterocycles. The van der Waals surface area contributed by atoms with Crippen molar-refractivity contribution < 1.29 is 8.93 Å². The Bertz CT molecular complexity index is 642. The quantitative estimate of drug-likeness (QED) is 0.391. The summed E-state index contributed by atoms with van der Waals surface area (Å²) in [5, 5.41) is 14.9. The molecule has 0 saturated carbocycles. The molecule has 2 N–H and O–H groups in total. The Balaban J connectivity index is 1.76. The van der Waals surface area contributed by atoms with Gasteiger partial charge in [0.2, 0.25) is 6.33 Å². The largest absolute Gasteiger partial charge is 0.463 e. The molecule has 7 heteroatoms. The Morgan fingerprint density at radius 1 is 1.41 bits per heavy atom. The Labute approximate surface area is 95.8 Å². The van der Waals surface area contributed by atoms with Crippen LogP contribution in [0.5, 0.6) is 0 Å². The number of hydrogen-bond acceptors (Lipinski definition) is 5. The van der Waals surface area contributed by atoms with Gasteiger partial charge in [-0.25, -0.2) is 0 Å². The van der Waals surface area contributed by atoms with Gasteiger partial charge in [0.1, 0.15) is 5.76 Å². The number of nitrogens with zero attached hydrogens (tertiary/aromatic N) is 4. The summed E-state index contributed by atoms with van der Waals surface area (Å²) in [6.45, 7) is 0. The van der Waals surface area contributed by atoms with Gasteiger partial charge in [0.05, 0.1) is 12.5 Å². The van der Waals surface area contributed by atoms with Crippen molar-refractivity contribution >= 4 is 17.7 Å². The van der Waals surface area contributed by atoms with E-state index in [1.165, 1.54) is 0 Å². The van der Waals surface area contributed by atoms with Crippen LogP contribution in [0, 0.1) is 0 Å². The monoisotopic (exact) mass is 229 g/mol. The fraction of sp³-hybridized carbons (Fsp3) is 0. The van der Waals surface area contributed by atoms with Crippen molar-refractivity contribution in [3.8, 4) is 0 Å². The van der Waals surface area contributed by atoms with Gasteiger partial charge in [-0.15, -0.1) is 9.61 Å². The molecule has 0 aliphatic carbocycles. The molecule has 84 valence electrons. The Morgan fingerprint density at radius 3 is 3.29 bits per heavy atom. The van der Waals surface area contributed by atoms with Crippen molar-refractivity contribution in [2.75, 3.05) is 5.43 Å². The average molecular weight is 229 g/mol. The summed E-state index contributed by atoms with van der Waals surface area (Å²) in [6, 6.07) is 7.23. The van der Waals surface area contributed by atoms with E-state index in [4.69, 9.17) is 4.42 Å². The van der Waals surface area contributed by atoms with Crippen LogP contribution in [0.3, 0.4) is 0 Å². The molecule has 0 radical (unpaired) electrons. The van der Waals surface area contributed by atoms with Crippen molar-refractivity contribution in [2.45, 2.75) is 0 Å². The molecule has 3 heterocycles. The maximum Gasteiger partial charge on any atom is 0.325 e. The van der Waals surface area contributed by atoms with Crippen LogP contribution >= 0.6 is 0 Å². The molecule has 3 aromatic rings. The second-order valence-electron chi connectivity index (χ2n) is 3.28. The minimum absolute atomic E-state index is 0.617. The number of hydrazone groups is 1. The van der Waals surface area contributed by atoms with E-state index in [0.29, 0.717) is 11.6 Å². The van der Waals surface area contributed by atoms with Crippen LogP contribution in [0.2, 0.25) is 0 Å². The number of aromatic nitrogens is 4. The Morgan fingerprint density at radius 2 is 2.41 bits per heavy atom. The van der Waals surface area contributed by atoms with Gasteiger partial charge in [-0.05, 0) is 18.2 Å². The van der Waals surface area contributed by atoms with Gasteiger partial charge in [0, 0.05) is 11.2 Å². The zero-order valence-corrected chi connectivity index (χ0v) is 8.74. The van der Waals surface area contributed by atoms with E-state index in [9.17, 15) is 0 Å². The summed E-state index contributed by atoms with van der Waals surface area (Å²) in [5.41, 5.74) is 3.54. The number of nitrogens with one attached hydrogen (secondary N) is 2. The number of H-pyrrole nitrogens is 1. The van der Waals surface area contributed by atoms with Crippen LogP contribution in [0.15, 0.2) is 46.4 Å². The molecule has 0 unspecified atom stereocenters. The van der Waals surface area contributed by atoms with Crippen LogP contribution in [0.25, 0.3) is 5.65 Å². The number of aromatic amines is 1. The normalized spacial score (nSPS) is 11.3. The van der Waals surface area contributed by atoms with E-state index < -0.39 is 0 Å². The lowest BCUT2D eigenvalue weighted by Crippen LogP contribution is -2.24. The molecule has 3 rings (SSSR count). The van der Waals surface area contributed by atoms with Crippen molar-refractivity contribution in [1.29, 1.82) is 0 Å². The zero-order valence-electron chi connectivity index (χ0n) is 8.74. The first-order chi connectivity index (χ1) is 8.42. The maximum absolute atomic E-state index is 5.10. The predicted molar refractivity (Wildman–Crippen MR) is 59.5 cm³/mol. The number of fused-ring (bicyclic) bond motifs is 1. The third kappa shape index (κ3) is 1.98. The lowest BCUT2D eigenvalue weighted by molar-refractivity contribution is -0.579. The van der Waals surface area contributed by atoms with E-state index in [1.807, 2.05) is 12.1 Å². The number of furan rings is 1. The van der Waals surface area contributed by atoms with Gasteiger partial charge >= 0.3 is 5.65 Å². The second kappa shape index (κ2) is 4.05. The summed E-state index contributed by atoms with van der Waals surface area (Å²) >= 11 is 0. The topological polar surface area (TPSA) is 83.2 Å². The molecular weight excluding hydrogens is 220 g/mol. The molecule has 0 bridgehead atoms. The van der Waals surface area contributed by atoms with E-state index >= 15 is 0 Å². The lowest BCUT2D eigenvalue weighted by atomic mass is 10.5. The minimum atomic E-state index is 0.617. The molecule has 0 spiro atoms. The van der Waals surface area contributed by atoms with Crippen molar-refractivity contribution in [3.63, 3.8) is 0 Å². The highest BCUT2D eigenvalue weighted by molar-refractivity contribution is 5.76. The van der Waals surface area contributed by atoms with Crippen molar-refractivity contribution in [2.24, 2.45) is 5.10 Å². The Hall–Kier alpha value is -2.70. The second-order valence-corrected chi connectivity index (χ2v) is 3.28. The summed E-state index contributed by atoms with van der Waals surface area (Å²) < 4.78 is 6.72. The number of rotatable bonds is 3. The molecule has 0 fully saturated rings. The van der Waals surface area contributed by atoms with Crippen LogP contribution in [-0.2, 0) is 0 Å². The highest BCUT2D eigenvalue weighted by Gasteiger charge is 2.04. The third-order valence-electron chi connectivity index (χ3n) is 2.11. The standard InChI is InChI=1S/C10H8N6O/c1-2-8(17-5-1)6-11-13-9-3-4-10-14-12-7-16(10)15-9/h1-7H,(H,13,15)/p+1/b11-6+. The molecule has 0 atom stereocenters. The zero-order chi connectivity index (χ0) is 11.5. The smallest absolute Gasteiger partial charge is 0.325 e. The van der Waals surface area contributed by atoms with Gasteiger partial charge in [-0.1, -0.05) is 5.10 Å². The summed E-state index contributed by atoms with van der Waals surface area (Å²) in [4.78, 5) is 0. The minimum Gasteiger partial charge on any atom is -0.463 e. The summed E-state index contributed by atoms with van der Waals surface area (Å²) in [6.07, 6.45) is 4.82. The number of hydrogen-bond donors (Lipinski definition) is 2. The van der Waals surface area contributed by atoms with Crippen molar-refractivity contribution in [1.82, 2.24) is 15.3 Å². The van der Waals surface area contributed by atoms with Gasteiger partial charge in [0.25, 0.3) is 0 Å². The molecule has 0 amide bonds. The first-order valence-corrected chi connectivity index (χ1v) is 4.97. The molecule has 0 aliphatic heterocycles. The van der Waals surface area contributed by atoms with E-state index in [1.54, 1.807) is 35.5 Å². The average Bonchev–Trinajstić information content (AvgIpc) is 2.98.